The summed E-state index contributed by atoms with van der Waals surface area (Å²) in [6.45, 7) is 5.35. The molecule has 1 aliphatic rings. The number of sulfonamides is 1. The van der Waals surface area contributed by atoms with Gasteiger partial charge in [0.15, 0.2) is 5.96 Å². The number of nitrogens with one attached hydrogen (secondary N) is 2. The second kappa shape index (κ2) is 11.4. The van der Waals surface area contributed by atoms with E-state index < -0.39 is 10.0 Å². The predicted molar refractivity (Wildman–Crippen MR) is 100 cm³/mol. The summed E-state index contributed by atoms with van der Waals surface area (Å²) in [6.07, 6.45) is 1.82. The summed E-state index contributed by atoms with van der Waals surface area (Å²) in [5.41, 5.74) is 0. The van der Waals surface area contributed by atoms with Crippen LogP contribution in [0.3, 0.4) is 0 Å². The van der Waals surface area contributed by atoms with Gasteiger partial charge in [0.1, 0.15) is 0 Å². The lowest BCUT2D eigenvalue weighted by Crippen LogP contribution is -2.42. The zero-order chi connectivity index (χ0) is 15.7. The van der Waals surface area contributed by atoms with E-state index in [1.807, 2.05) is 7.05 Å². The average Bonchev–Trinajstić information content (AvgIpc) is 2.95. The molecule has 132 valence electrons. The van der Waals surface area contributed by atoms with Crippen molar-refractivity contribution in [3.63, 3.8) is 0 Å². The molecule has 0 radical (unpaired) electrons. The first kappa shape index (κ1) is 21.9. The Labute approximate surface area is 151 Å². The fourth-order valence-electron chi connectivity index (χ4n) is 2.20. The maximum Gasteiger partial charge on any atom is 0.211 e. The molecule has 1 fully saturated rings. The van der Waals surface area contributed by atoms with Gasteiger partial charge in [0.25, 0.3) is 0 Å². The third kappa shape index (κ3) is 8.49. The molecule has 9 heteroatoms. The summed E-state index contributed by atoms with van der Waals surface area (Å²) in [7, 11) is 0.671. The largest absolute Gasteiger partial charge is 0.381 e. The SMILES string of the molecule is CCS(=O)(=O)NCCCNC(=NC)N(C)CC1CCOC1.I. The van der Waals surface area contributed by atoms with Crippen LogP contribution < -0.4 is 10.0 Å². The molecule has 0 aromatic heterocycles. The molecule has 1 saturated heterocycles. The maximum absolute atomic E-state index is 11.3. The Kier molecular flexibility index (Phi) is 11.3. The van der Waals surface area contributed by atoms with E-state index in [0.29, 0.717) is 19.0 Å². The summed E-state index contributed by atoms with van der Waals surface area (Å²) < 4.78 is 30.5. The topological polar surface area (TPSA) is 83.0 Å². The second-order valence-corrected chi connectivity index (χ2v) is 7.33. The highest BCUT2D eigenvalue weighted by Crippen LogP contribution is 2.13. The van der Waals surface area contributed by atoms with Crippen LogP contribution in [0, 0.1) is 5.92 Å². The minimum absolute atomic E-state index is 0. The summed E-state index contributed by atoms with van der Waals surface area (Å²) >= 11 is 0. The molecule has 1 heterocycles. The fourth-order valence-corrected chi connectivity index (χ4v) is 2.86. The lowest BCUT2D eigenvalue weighted by atomic mass is 10.1. The molecule has 2 N–H and O–H groups in total. The van der Waals surface area contributed by atoms with Gasteiger partial charge in [-0.2, -0.15) is 0 Å². The molecule has 0 spiro atoms. The number of hydrogen-bond donors (Lipinski definition) is 2. The van der Waals surface area contributed by atoms with E-state index in [1.54, 1.807) is 14.0 Å². The Morgan fingerprint density at radius 1 is 1.41 bits per heavy atom. The number of ether oxygens (including phenoxy) is 1. The van der Waals surface area contributed by atoms with Crippen LogP contribution in [-0.2, 0) is 14.8 Å². The molecule has 1 rings (SSSR count). The van der Waals surface area contributed by atoms with Crippen molar-refractivity contribution in [2.75, 3.05) is 52.7 Å². The van der Waals surface area contributed by atoms with Gasteiger partial charge in [0.2, 0.25) is 10.0 Å². The van der Waals surface area contributed by atoms with E-state index in [4.69, 9.17) is 4.74 Å². The Hall–Kier alpha value is -0.130. The first-order valence-electron chi connectivity index (χ1n) is 7.45. The van der Waals surface area contributed by atoms with Crippen LogP contribution in [0.2, 0.25) is 0 Å². The van der Waals surface area contributed by atoms with Crippen LogP contribution in [-0.4, -0.2) is 72.0 Å². The average molecular weight is 448 g/mol. The Balaban J connectivity index is 0.00000441. The van der Waals surface area contributed by atoms with Gasteiger partial charge in [-0.05, 0) is 19.8 Å². The van der Waals surface area contributed by atoms with Crippen molar-refractivity contribution >= 4 is 40.0 Å². The minimum atomic E-state index is -3.09. The standard InChI is InChI=1S/C13H28N4O3S.HI/c1-4-21(18,19)16-8-5-7-15-13(14-2)17(3)10-12-6-9-20-11-12;/h12,16H,4-11H2,1-3H3,(H,14,15);1H. The Morgan fingerprint density at radius 2 is 2.14 bits per heavy atom. The molecule has 0 aromatic rings. The molecule has 0 aliphatic carbocycles. The van der Waals surface area contributed by atoms with Crippen molar-refractivity contribution in [1.29, 1.82) is 0 Å². The van der Waals surface area contributed by atoms with Gasteiger partial charge >= 0.3 is 0 Å². The van der Waals surface area contributed by atoms with Gasteiger partial charge in [-0.3, -0.25) is 4.99 Å². The zero-order valence-electron chi connectivity index (χ0n) is 13.7. The minimum Gasteiger partial charge on any atom is -0.381 e. The molecule has 0 amide bonds. The van der Waals surface area contributed by atoms with Gasteiger partial charge < -0.3 is 15.0 Å². The van der Waals surface area contributed by atoms with Crippen LogP contribution in [0.5, 0.6) is 0 Å². The van der Waals surface area contributed by atoms with Crippen LogP contribution >= 0.6 is 24.0 Å². The number of guanidine groups is 1. The monoisotopic (exact) mass is 448 g/mol. The summed E-state index contributed by atoms with van der Waals surface area (Å²) in [5.74, 6) is 1.51. The van der Waals surface area contributed by atoms with Gasteiger partial charge in [-0.15, -0.1) is 24.0 Å². The zero-order valence-corrected chi connectivity index (χ0v) is 16.8. The molecule has 0 aromatic carbocycles. The molecule has 1 unspecified atom stereocenters. The second-order valence-electron chi connectivity index (χ2n) is 5.24. The summed E-state index contributed by atoms with van der Waals surface area (Å²) in [5, 5.41) is 3.25. The molecule has 0 bridgehead atoms. The molecule has 1 atom stereocenters. The quantitative estimate of drug-likeness (QED) is 0.244. The maximum atomic E-state index is 11.3. The third-order valence-corrected chi connectivity index (χ3v) is 4.87. The van der Waals surface area contributed by atoms with Crippen LogP contribution in [0.1, 0.15) is 19.8 Å². The molecular formula is C13H29IN4O3S. The van der Waals surface area contributed by atoms with E-state index in [9.17, 15) is 8.42 Å². The molecular weight excluding hydrogens is 419 g/mol. The molecule has 22 heavy (non-hydrogen) atoms. The lowest BCUT2D eigenvalue weighted by Gasteiger charge is -2.24. The molecule has 7 nitrogen and oxygen atoms in total. The van der Waals surface area contributed by atoms with Gasteiger partial charge in [-0.1, -0.05) is 0 Å². The van der Waals surface area contributed by atoms with Crippen LogP contribution in [0.15, 0.2) is 4.99 Å². The Bertz CT molecular complexity index is 425. The van der Waals surface area contributed by atoms with E-state index in [0.717, 1.165) is 38.6 Å². The summed E-state index contributed by atoms with van der Waals surface area (Å²) in [6, 6.07) is 0. The number of hydrogen-bond acceptors (Lipinski definition) is 4. The molecule has 0 saturated carbocycles. The predicted octanol–water partition coefficient (Wildman–Crippen LogP) is 0.478. The lowest BCUT2D eigenvalue weighted by molar-refractivity contribution is 0.181. The van der Waals surface area contributed by atoms with Crippen molar-refractivity contribution in [2.24, 2.45) is 10.9 Å². The van der Waals surface area contributed by atoms with E-state index >= 15 is 0 Å². The first-order valence-corrected chi connectivity index (χ1v) is 9.10. The van der Waals surface area contributed by atoms with Crippen molar-refractivity contribution < 1.29 is 13.2 Å². The highest BCUT2D eigenvalue weighted by molar-refractivity contribution is 14.0. The van der Waals surface area contributed by atoms with Crippen molar-refractivity contribution in [1.82, 2.24) is 14.9 Å². The number of aliphatic imine (C=N–C) groups is 1. The van der Waals surface area contributed by atoms with Gasteiger partial charge in [-0.25, -0.2) is 13.1 Å². The van der Waals surface area contributed by atoms with E-state index in [2.05, 4.69) is 19.9 Å². The number of nitrogens with zero attached hydrogens (tertiary/aromatic N) is 2. The number of halogens is 1. The van der Waals surface area contributed by atoms with Crippen molar-refractivity contribution in [3.05, 3.63) is 0 Å². The highest BCUT2D eigenvalue weighted by Gasteiger charge is 2.18. The van der Waals surface area contributed by atoms with Gasteiger partial charge in [0, 0.05) is 46.3 Å². The van der Waals surface area contributed by atoms with Crippen LogP contribution in [0.25, 0.3) is 0 Å². The Morgan fingerprint density at radius 3 is 2.68 bits per heavy atom. The summed E-state index contributed by atoms with van der Waals surface area (Å²) in [4.78, 5) is 6.34. The normalized spacial score (nSPS) is 18.9. The van der Waals surface area contributed by atoms with Crippen molar-refractivity contribution in [2.45, 2.75) is 19.8 Å². The first-order chi connectivity index (χ1) is 9.98. The number of rotatable bonds is 8. The smallest absolute Gasteiger partial charge is 0.211 e. The fraction of sp³-hybridized carbons (Fsp3) is 0.923. The molecule has 1 aliphatic heterocycles. The van der Waals surface area contributed by atoms with E-state index in [-0.39, 0.29) is 29.7 Å². The van der Waals surface area contributed by atoms with E-state index in [1.165, 1.54) is 0 Å². The van der Waals surface area contributed by atoms with Crippen LogP contribution in [0.4, 0.5) is 0 Å². The third-order valence-electron chi connectivity index (χ3n) is 3.47. The van der Waals surface area contributed by atoms with Crippen molar-refractivity contribution in [3.8, 4) is 0 Å². The van der Waals surface area contributed by atoms with Gasteiger partial charge in [0.05, 0.1) is 12.4 Å². The highest BCUT2D eigenvalue weighted by atomic mass is 127.